The van der Waals surface area contributed by atoms with Gasteiger partial charge in [-0.1, -0.05) is 19.4 Å². The molecule has 128 valence electrons. The summed E-state index contributed by atoms with van der Waals surface area (Å²) in [5.41, 5.74) is 0.377. The number of aliphatic hydroxyl groups is 1. The number of halogens is 2. The highest BCUT2D eigenvalue weighted by atomic mass is 19.1. The van der Waals surface area contributed by atoms with E-state index in [0.717, 1.165) is 31.7 Å². The zero-order valence-electron chi connectivity index (χ0n) is 13.3. The summed E-state index contributed by atoms with van der Waals surface area (Å²) in [6.45, 7) is 2.57. The van der Waals surface area contributed by atoms with Crippen LogP contribution in [0.2, 0.25) is 0 Å². The molecule has 0 aliphatic heterocycles. The summed E-state index contributed by atoms with van der Waals surface area (Å²) in [7, 11) is 0. The van der Waals surface area contributed by atoms with Crippen LogP contribution in [0.3, 0.4) is 0 Å². The average Bonchev–Trinajstić information content (AvgIpc) is 2.50. The van der Waals surface area contributed by atoms with Gasteiger partial charge in [0.25, 0.3) is 0 Å². The topological polar surface area (TPSA) is 61.4 Å². The first kappa shape index (κ1) is 17.7. The van der Waals surface area contributed by atoms with Gasteiger partial charge in [0.15, 0.2) is 0 Å². The molecule has 0 bridgehead atoms. The Morgan fingerprint density at radius 2 is 2.13 bits per heavy atom. The van der Waals surface area contributed by atoms with Crippen LogP contribution in [-0.2, 0) is 0 Å². The lowest BCUT2D eigenvalue weighted by molar-refractivity contribution is 0.101. The van der Waals surface area contributed by atoms with E-state index in [-0.39, 0.29) is 24.6 Å². The molecule has 2 amide bonds. The van der Waals surface area contributed by atoms with Gasteiger partial charge in [0.1, 0.15) is 11.6 Å². The van der Waals surface area contributed by atoms with Crippen LogP contribution in [0.1, 0.15) is 44.1 Å². The normalized spacial score (nSPS) is 22.4. The molecule has 0 spiro atoms. The SMILES string of the molecule is CC(CNC(=O)NCC1CCCC(O)C1)c1ccc(F)cc1F. The van der Waals surface area contributed by atoms with E-state index < -0.39 is 11.6 Å². The second-order valence-corrected chi connectivity index (χ2v) is 6.34. The van der Waals surface area contributed by atoms with Crippen LogP contribution in [-0.4, -0.2) is 30.3 Å². The average molecular weight is 326 g/mol. The molecular formula is C17H24F2N2O2. The molecule has 3 N–H and O–H groups in total. The fourth-order valence-electron chi connectivity index (χ4n) is 3.00. The largest absolute Gasteiger partial charge is 0.393 e. The van der Waals surface area contributed by atoms with Crippen molar-refractivity contribution in [3.8, 4) is 0 Å². The molecule has 1 aliphatic rings. The van der Waals surface area contributed by atoms with Crippen LogP contribution >= 0.6 is 0 Å². The van der Waals surface area contributed by atoms with E-state index >= 15 is 0 Å². The van der Waals surface area contributed by atoms with Gasteiger partial charge < -0.3 is 15.7 Å². The first-order valence-corrected chi connectivity index (χ1v) is 8.10. The minimum Gasteiger partial charge on any atom is -0.393 e. The molecule has 3 unspecified atom stereocenters. The van der Waals surface area contributed by atoms with Crippen LogP contribution < -0.4 is 10.6 Å². The lowest BCUT2D eigenvalue weighted by Crippen LogP contribution is -2.40. The quantitative estimate of drug-likeness (QED) is 0.779. The van der Waals surface area contributed by atoms with E-state index in [1.54, 1.807) is 6.92 Å². The highest BCUT2D eigenvalue weighted by Gasteiger charge is 2.20. The number of hydrogen-bond acceptors (Lipinski definition) is 2. The third-order valence-electron chi connectivity index (χ3n) is 4.37. The Labute approximate surface area is 135 Å². The van der Waals surface area contributed by atoms with E-state index in [9.17, 15) is 18.7 Å². The van der Waals surface area contributed by atoms with Crippen LogP contribution in [0.5, 0.6) is 0 Å². The second-order valence-electron chi connectivity index (χ2n) is 6.34. The molecule has 1 fully saturated rings. The van der Waals surface area contributed by atoms with Gasteiger partial charge >= 0.3 is 6.03 Å². The van der Waals surface area contributed by atoms with Gasteiger partial charge in [0.2, 0.25) is 0 Å². The third-order valence-corrected chi connectivity index (χ3v) is 4.37. The van der Waals surface area contributed by atoms with Crippen molar-refractivity contribution in [1.82, 2.24) is 10.6 Å². The summed E-state index contributed by atoms with van der Waals surface area (Å²) >= 11 is 0. The standard InChI is InChI=1S/C17H24F2N2O2/c1-11(15-6-5-13(18)8-16(15)19)9-20-17(23)21-10-12-3-2-4-14(22)7-12/h5-6,8,11-12,14,22H,2-4,7,9-10H2,1H3,(H2,20,21,23). The number of hydrogen-bond donors (Lipinski definition) is 3. The highest BCUT2D eigenvalue weighted by Crippen LogP contribution is 2.23. The maximum atomic E-state index is 13.7. The highest BCUT2D eigenvalue weighted by molar-refractivity contribution is 5.73. The lowest BCUT2D eigenvalue weighted by Gasteiger charge is -2.26. The number of nitrogens with one attached hydrogen (secondary N) is 2. The Bertz CT molecular complexity index is 539. The van der Waals surface area contributed by atoms with Gasteiger partial charge in [-0.2, -0.15) is 0 Å². The summed E-state index contributed by atoms with van der Waals surface area (Å²) in [6.07, 6.45) is 3.28. The van der Waals surface area contributed by atoms with Gasteiger partial charge in [-0.25, -0.2) is 13.6 Å². The number of rotatable bonds is 5. The van der Waals surface area contributed by atoms with E-state index in [1.807, 2.05) is 0 Å². The predicted octanol–water partition coefficient (Wildman–Crippen LogP) is 2.92. The maximum Gasteiger partial charge on any atom is 0.314 e. The number of carbonyl (C=O) groups is 1. The van der Waals surface area contributed by atoms with Crippen molar-refractivity contribution < 1.29 is 18.7 Å². The molecule has 23 heavy (non-hydrogen) atoms. The zero-order valence-corrected chi connectivity index (χ0v) is 13.3. The Morgan fingerprint density at radius 3 is 2.83 bits per heavy atom. The number of benzene rings is 1. The Balaban J connectivity index is 1.73. The monoisotopic (exact) mass is 326 g/mol. The van der Waals surface area contributed by atoms with Gasteiger partial charge in [0.05, 0.1) is 6.10 Å². The number of amides is 2. The molecule has 1 aromatic rings. The molecule has 0 radical (unpaired) electrons. The second kappa shape index (κ2) is 8.24. The van der Waals surface area contributed by atoms with Crippen molar-refractivity contribution in [3.05, 3.63) is 35.4 Å². The molecule has 2 rings (SSSR count). The van der Waals surface area contributed by atoms with Crippen molar-refractivity contribution in [2.24, 2.45) is 5.92 Å². The Kier molecular flexibility index (Phi) is 6.33. The molecule has 6 heteroatoms. The van der Waals surface area contributed by atoms with E-state index in [2.05, 4.69) is 10.6 Å². The third kappa shape index (κ3) is 5.46. The predicted molar refractivity (Wildman–Crippen MR) is 84.1 cm³/mol. The molecule has 1 aromatic carbocycles. The van der Waals surface area contributed by atoms with Crippen LogP contribution in [0, 0.1) is 17.6 Å². The summed E-state index contributed by atoms with van der Waals surface area (Å²) in [5, 5.41) is 15.1. The van der Waals surface area contributed by atoms with E-state index in [1.165, 1.54) is 12.1 Å². The summed E-state index contributed by atoms with van der Waals surface area (Å²) in [5.74, 6) is -1.16. The first-order chi connectivity index (χ1) is 11.0. The van der Waals surface area contributed by atoms with Crippen molar-refractivity contribution in [2.45, 2.75) is 44.6 Å². The maximum absolute atomic E-state index is 13.7. The smallest absolute Gasteiger partial charge is 0.314 e. The van der Waals surface area contributed by atoms with Gasteiger partial charge in [-0.15, -0.1) is 0 Å². The number of aliphatic hydroxyl groups excluding tert-OH is 1. The van der Waals surface area contributed by atoms with Crippen molar-refractivity contribution >= 4 is 6.03 Å². The van der Waals surface area contributed by atoms with Gasteiger partial charge in [0, 0.05) is 25.1 Å². The number of carbonyl (C=O) groups excluding carboxylic acids is 1. The lowest BCUT2D eigenvalue weighted by atomic mass is 9.87. The Morgan fingerprint density at radius 1 is 1.35 bits per heavy atom. The molecule has 1 aliphatic carbocycles. The van der Waals surface area contributed by atoms with Gasteiger partial charge in [-0.05, 0) is 36.8 Å². The molecular weight excluding hydrogens is 302 g/mol. The zero-order chi connectivity index (χ0) is 16.8. The van der Waals surface area contributed by atoms with Crippen LogP contribution in [0.15, 0.2) is 18.2 Å². The molecule has 0 aromatic heterocycles. The molecule has 4 nitrogen and oxygen atoms in total. The Hall–Kier alpha value is -1.69. The van der Waals surface area contributed by atoms with Crippen molar-refractivity contribution in [2.75, 3.05) is 13.1 Å². The summed E-state index contributed by atoms with van der Waals surface area (Å²) < 4.78 is 26.6. The molecule has 1 saturated carbocycles. The fourth-order valence-corrected chi connectivity index (χ4v) is 3.00. The van der Waals surface area contributed by atoms with Gasteiger partial charge in [-0.3, -0.25) is 0 Å². The molecule has 0 saturated heterocycles. The molecule has 3 atom stereocenters. The first-order valence-electron chi connectivity index (χ1n) is 8.10. The van der Waals surface area contributed by atoms with Crippen LogP contribution in [0.4, 0.5) is 13.6 Å². The number of urea groups is 1. The van der Waals surface area contributed by atoms with E-state index in [4.69, 9.17) is 0 Å². The molecule has 0 heterocycles. The fraction of sp³-hybridized carbons (Fsp3) is 0.588. The summed E-state index contributed by atoms with van der Waals surface area (Å²) in [4.78, 5) is 11.8. The van der Waals surface area contributed by atoms with Crippen LogP contribution in [0.25, 0.3) is 0 Å². The summed E-state index contributed by atoms with van der Waals surface area (Å²) in [6, 6.07) is 3.15. The minimum absolute atomic E-state index is 0.252. The minimum atomic E-state index is -0.612. The van der Waals surface area contributed by atoms with Crippen molar-refractivity contribution in [3.63, 3.8) is 0 Å². The van der Waals surface area contributed by atoms with Crippen molar-refractivity contribution in [1.29, 1.82) is 0 Å². The van der Waals surface area contributed by atoms with E-state index in [0.29, 0.717) is 18.0 Å².